The number of benzene rings is 2. The maximum absolute atomic E-state index is 13.9. The smallest absolute Gasteiger partial charge is 0.210 e. The molecule has 0 saturated carbocycles. The zero-order chi connectivity index (χ0) is 18.5. The highest BCUT2D eigenvalue weighted by molar-refractivity contribution is 9.10. The lowest BCUT2D eigenvalue weighted by atomic mass is 10.1. The minimum absolute atomic E-state index is 0.0966. The third kappa shape index (κ3) is 4.31. The monoisotopic (exact) mass is 434 g/mol. The molecule has 2 N–H and O–H groups in total. The van der Waals surface area contributed by atoms with Gasteiger partial charge in [-0.3, -0.25) is 4.79 Å². The fraction of sp³-hybridized carbons (Fsp3) is 0.167. The molecule has 1 aromatic heterocycles. The Morgan fingerprint density at radius 2 is 1.88 bits per heavy atom. The number of thioether (sulfide) groups is 1. The second-order valence-corrected chi connectivity index (χ2v) is 7.52. The van der Waals surface area contributed by atoms with Gasteiger partial charge in [-0.15, -0.1) is 10.2 Å². The van der Waals surface area contributed by atoms with Crippen LogP contribution in [0.4, 0.5) is 4.39 Å². The largest absolute Gasteiger partial charge is 0.335 e. The Hall–Kier alpha value is -2.19. The van der Waals surface area contributed by atoms with Gasteiger partial charge in [-0.2, -0.15) is 0 Å². The Kier molecular flexibility index (Phi) is 6.05. The van der Waals surface area contributed by atoms with E-state index in [0.717, 1.165) is 4.47 Å². The van der Waals surface area contributed by atoms with E-state index in [1.807, 2.05) is 12.1 Å². The van der Waals surface area contributed by atoms with Gasteiger partial charge in [0.15, 0.2) is 11.6 Å². The third-order valence-corrected chi connectivity index (χ3v) is 5.28. The zero-order valence-electron chi connectivity index (χ0n) is 13.7. The molecule has 0 radical (unpaired) electrons. The minimum Gasteiger partial charge on any atom is -0.335 e. The molecule has 0 bridgehead atoms. The quantitative estimate of drug-likeness (QED) is 0.259. The van der Waals surface area contributed by atoms with E-state index in [4.69, 9.17) is 5.84 Å². The fourth-order valence-electron chi connectivity index (χ4n) is 2.38. The van der Waals surface area contributed by atoms with Crippen molar-refractivity contribution in [1.82, 2.24) is 14.9 Å². The Morgan fingerprint density at radius 3 is 2.62 bits per heavy atom. The first-order chi connectivity index (χ1) is 12.6. The van der Waals surface area contributed by atoms with Crippen LogP contribution in [0.15, 0.2) is 58.2 Å². The number of Topliss-reactive ketones (excluding diaryl/α,β-unsaturated/α-hetero) is 1. The molecule has 1 heterocycles. The summed E-state index contributed by atoms with van der Waals surface area (Å²) in [5.74, 6) is 6.62. The Bertz CT molecular complexity index is 914. The number of hydrogen-bond acceptors (Lipinski definition) is 5. The van der Waals surface area contributed by atoms with Gasteiger partial charge in [-0.1, -0.05) is 52.0 Å². The molecule has 0 aliphatic rings. The maximum Gasteiger partial charge on any atom is 0.210 e. The van der Waals surface area contributed by atoms with Gasteiger partial charge in [-0.05, 0) is 30.7 Å². The highest BCUT2D eigenvalue weighted by Gasteiger charge is 2.15. The molecule has 5 nitrogen and oxygen atoms in total. The molecule has 26 heavy (non-hydrogen) atoms. The Morgan fingerprint density at radius 1 is 1.15 bits per heavy atom. The van der Waals surface area contributed by atoms with Crippen LogP contribution in [0.5, 0.6) is 0 Å². The number of ketones is 1. The lowest BCUT2D eigenvalue weighted by Crippen LogP contribution is -2.12. The first-order valence-corrected chi connectivity index (χ1v) is 9.71. The van der Waals surface area contributed by atoms with Crippen molar-refractivity contribution in [3.63, 3.8) is 0 Å². The molecule has 0 aliphatic carbocycles. The van der Waals surface area contributed by atoms with E-state index in [2.05, 4.69) is 26.1 Å². The predicted molar refractivity (Wildman–Crippen MR) is 104 cm³/mol. The molecule has 0 unspecified atom stereocenters. The van der Waals surface area contributed by atoms with Gasteiger partial charge in [0.05, 0.1) is 5.56 Å². The molecule has 0 aliphatic heterocycles. The van der Waals surface area contributed by atoms with E-state index >= 15 is 0 Å². The van der Waals surface area contributed by atoms with Crippen LogP contribution in [0, 0.1) is 5.82 Å². The van der Waals surface area contributed by atoms with Gasteiger partial charge in [0.2, 0.25) is 5.16 Å². The number of nitrogens with two attached hydrogens (primary N) is 1. The normalized spacial score (nSPS) is 10.8. The number of rotatable bonds is 7. The molecule has 3 aromatic rings. The molecule has 8 heteroatoms. The summed E-state index contributed by atoms with van der Waals surface area (Å²) in [5.41, 5.74) is 1.00. The van der Waals surface area contributed by atoms with Crippen molar-refractivity contribution >= 4 is 33.5 Å². The van der Waals surface area contributed by atoms with Crippen molar-refractivity contribution in [2.45, 2.75) is 18.0 Å². The van der Waals surface area contributed by atoms with Crippen molar-refractivity contribution in [2.24, 2.45) is 0 Å². The maximum atomic E-state index is 13.9. The third-order valence-electron chi connectivity index (χ3n) is 3.72. The summed E-state index contributed by atoms with van der Waals surface area (Å²) >= 11 is 4.74. The second kappa shape index (κ2) is 8.46. The molecular formula is C18H16BrFN4OS. The summed E-state index contributed by atoms with van der Waals surface area (Å²) in [4.78, 5) is 12.1. The Labute approximate surface area is 162 Å². The summed E-state index contributed by atoms with van der Waals surface area (Å²) in [6.45, 7) is 0. The summed E-state index contributed by atoms with van der Waals surface area (Å²) < 4.78 is 16.1. The molecule has 3 rings (SSSR count). The number of hydrogen-bond donors (Lipinski definition) is 1. The molecule has 0 saturated heterocycles. The van der Waals surface area contributed by atoms with Crippen LogP contribution in [0.25, 0.3) is 11.4 Å². The average Bonchev–Trinajstić information content (AvgIpc) is 3.00. The van der Waals surface area contributed by atoms with Gasteiger partial charge >= 0.3 is 0 Å². The van der Waals surface area contributed by atoms with Crippen LogP contribution in [0.2, 0.25) is 0 Å². The number of nitrogen functional groups attached to an aromatic ring is 1. The van der Waals surface area contributed by atoms with Crippen molar-refractivity contribution < 1.29 is 9.18 Å². The Balaban J connectivity index is 1.55. The van der Waals surface area contributed by atoms with Gasteiger partial charge in [-0.25, -0.2) is 9.07 Å². The predicted octanol–water partition coefficient (Wildman–Crippen LogP) is 4.32. The van der Waals surface area contributed by atoms with Crippen LogP contribution in [0.3, 0.4) is 0 Å². The highest BCUT2D eigenvalue weighted by Crippen LogP contribution is 2.24. The van der Waals surface area contributed by atoms with E-state index in [0.29, 0.717) is 34.9 Å². The molecule has 134 valence electrons. The van der Waals surface area contributed by atoms with Crippen LogP contribution in [-0.4, -0.2) is 26.4 Å². The van der Waals surface area contributed by atoms with E-state index < -0.39 is 5.82 Å². The van der Waals surface area contributed by atoms with Gasteiger partial charge in [0, 0.05) is 22.2 Å². The molecule has 0 atom stereocenters. The van der Waals surface area contributed by atoms with Crippen LogP contribution in [0.1, 0.15) is 23.2 Å². The number of carbonyl (C=O) groups excluding carboxylic acids is 1. The number of carbonyl (C=O) groups is 1. The van der Waals surface area contributed by atoms with E-state index in [1.54, 1.807) is 30.3 Å². The van der Waals surface area contributed by atoms with E-state index in [9.17, 15) is 9.18 Å². The molecule has 0 fully saturated rings. The topological polar surface area (TPSA) is 73.8 Å². The lowest BCUT2D eigenvalue weighted by molar-refractivity contribution is 0.0982. The highest BCUT2D eigenvalue weighted by atomic mass is 79.9. The van der Waals surface area contributed by atoms with Crippen molar-refractivity contribution in [3.05, 3.63) is 64.4 Å². The summed E-state index contributed by atoms with van der Waals surface area (Å²) in [5, 5.41) is 8.47. The molecule has 0 spiro atoms. The molecule has 0 amide bonds. The van der Waals surface area contributed by atoms with Gasteiger partial charge in [0.1, 0.15) is 5.82 Å². The van der Waals surface area contributed by atoms with Gasteiger partial charge < -0.3 is 5.84 Å². The van der Waals surface area contributed by atoms with Crippen molar-refractivity contribution in [3.8, 4) is 11.4 Å². The summed E-state index contributed by atoms with van der Waals surface area (Å²) in [7, 11) is 0. The molecule has 2 aromatic carbocycles. The zero-order valence-corrected chi connectivity index (χ0v) is 16.1. The summed E-state index contributed by atoms with van der Waals surface area (Å²) in [6.07, 6.45) is 1.12. The van der Waals surface area contributed by atoms with E-state index in [1.165, 1.54) is 22.5 Å². The second-order valence-electron chi connectivity index (χ2n) is 5.54. The fourth-order valence-corrected chi connectivity index (χ4v) is 3.44. The van der Waals surface area contributed by atoms with Crippen LogP contribution in [-0.2, 0) is 0 Å². The number of halogens is 2. The number of aromatic nitrogens is 3. The number of nitrogens with zero attached hydrogens (tertiary/aromatic N) is 3. The van der Waals surface area contributed by atoms with Crippen LogP contribution < -0.4 is 5.84 Å². The SMILES string of the molecule is Nn1c(SCCCC(=O)c2ccc(Br)cc2)nnc1-c1ccccc1F. The van der Waals surface area contributed by atoms with E-state index in [-0.39, 0.29) is 11.6 Å². The minimum atomic E-state index is -0.400. The van der Waals surface area contributed by atoms with Crippen molar-refractivity contribution in [2.75, 3.05) is 11.6 Å². The summed E-state index contributed by atoms with van der Waals surface area (Å²) in [6, 6.07) is 13.6. The first kappa shape index (κ1) is 18.6. The first-order valence-electron chi connectivity index (χ1n) is 7.93. The molecular weight excluding hydrogens is 419 g/mol. The van der Waals surface area contributed by atoms with Gasteiger partial charge in [0.25, 0.3) is 0 Å². The average molecular weight is 435 g/mol. The van der Waals surface area contributed by atoms with Crippen molar-refractivity contribution in [1.29, 1.82) is 0 Å². The lowest BCUT2D eigenvalue weighted by Gasteiger charge is -2.05. The standard InChI is InChI=1S/C18H16BrFN4OS/c19-13-9-7-12(8-10-13)16(25)6-3-11-26-18-23-22-17(24(18)21)14-4-1-2-5-15(14)20/h1-2,4-5,7-10H,3,6,11,21H2. The van der Waals surface area contributed by atoms with Crippen LogP contribution >= 0.6 is 27.7 Å².